The molecule has 4 heteroatoms. The fourth-order valence-corrected chi connectivity index (χ4v) is 2.99. The van der Waals surface area contributed by atoms with E-state index in [-0.39, 0.29) is 23.9 Å². The molecule has 4 nitrogen and oxygen atoms in total. The molecule has 0 saturated carbocycles. The highest BCUT2D eigenvalue weighted by Gasteiger charge is 2.42. The molecule has 0 radical (unpaired) electrons. The van der Waals surface area contributed by atoms with E-state index in [0.29, 0.717) is 0 Å². The average molecular weight is 261 g/mol. The molecule has 2 aromatic heterocycles. The largest absolute Gasteiger partial charge is 0.468 e. The number of aliphatic hydroxyl groups excluding tert-OH is 1. The molecule has 0 aliphatic carbocycles. The minimum atomic E-state index is -0.397. The van der Waals surface area contributed by atoms with Crippen molar-refractivity contribution in [3.05, 3.63) is 48.3 Å². The van der Waals surface area contributed by atoms with Gasteiger partial charge in [-0.1, -0.05) is 13.8 Å². The second-order valence-electron chi connectivity index (χ2n) is 5.36. The minimum Gasteiger partial charge on any atom is -0.468 e. The lowest BCUT2D eigenvalue weighted by Crippen LogP contribution is -2.48. The van der Waals surface area contributed by atoms with Crippen molar-refractivity contribution in [3.8, 4) is 0 Å². The van der Waals surface area contributed by atoms with Gasteiger partial charge in [0.15, 0.2) is 0 Å². The smallest absolute Gasteiger partial charge is 0.121 e. The van der Waals surface area contributed by atoms with E-state index in [9.17, 15) is 5.11 Å². The zero-order valence-electron chi connectivity index (χ0n) is 11.1. The third-order valence-electron chi connectivity index (χ3n) is 4.19. The molecule has 1 aliphatic rings. The molecule has 2 N–H and O–H groups in total. The van der Waals surface area contributed by atoms with Crippen LogP contribution in [0.1, 0.15) is 37.5 Å². The van der Waals surface area contributed by atoms with Gasteiger partial charge < -0.3 is 13.9 Å². The van der Waals surface area contributed by atoms with E-state index >= 15 is 0 Å². The van der Waals surface area contributed by atoms with Gasteiger partial charge in [0.25, 0.3) is 0 Å². The Morgan fingerprint density at radius 1 is 0.947 bits per heavy atom. The van der Waals surface area contributed by atoms with Gasteiger partial charge in [0, 0.05) is 11.8 Å². The molecule has 3 heterocycles. The third kappa shape index (κ3) is 2.11. The number of hydrogen-bond donors (Lipinski definition) is 2. The van der Waals surface area contributed by atoms with Gasteiger partial charge >= 0.3 is 0 Å². The molecule has 0 amide bonds. The maximum absolute atomic E-state index is 10.5. The molecule has 0 spiro atoms. The van der Waals surface area contributed by atoms with Crippen LogP contribution in [0.2, 0.25) is 0 Å². The minimum absolute atomic E-state index is 0.00343. The van der Waals surface area contributed by atoms with Crippen molar-refractivity contribution in [1.82, 2.24) is 5.32 Å². The fourth-order valence-electron chi connectivity index (χ4n) is 2.99. The summed E-state index contributed by atoms with van der Waals surface area (Å²) in [5.74, 6) is 1.89. The van der Waals surface area contributed by atoms with Crippen LogP contribution in [0, 0.1) is 11.8 Å². The van der Waals surface area contributed by atoms with Crippen LogP contribution in [-0.4, -0.2) is 11.2 Å². The van der Waals surface area contributed by atoms with Crippen molar-refractivity contribution in [2.75, 3.05) is 0 Å². The van der Waals surface area contributed by atoms with Crippen LogP contribution in [0.15, 0.2) is 45.6 Å². The van der Waals surface area contributed by atoms with Gasteiger partial charge in [-0.15, -0.1) is 0 Å². The van der Waals surface area contributed by atoms with Crippen LogP contribution < -0.4 is 5.32 Å². The van der Waals surface area contributed by atoms with Crippen molar-refractivity contribution in [1.29, 1.82) is 0 Å². The zero-order chi connectivity index (χ0) is 13.4. The summed E-state index contributed by atoms with van der Waals surface area (Å²) in [5, 5.41) is 14.0. The van der Waals surface area contributed by atoms with Crippen molar-refractivity contribution in [3.63, 3.8) is 0 Å². The summed E-state index contributed by atoms with van der Waals surface area (Å²) in [4.78, 5) is 0. The van der Waals surface area contributed by atoms with Crippen LogP contribution in [0.3, 0.4) is 0 Å². The van der Waals surface area contributed by atoms with Crippen molar-refractivity contribution in [2.24, 2.45) is 11.8 Å². The average Bonchev–Trinajstić information content (AvgIpc) is 3.08. The van der Waals surface area contributed by atoms with E-state index in [1.165, 1.54) is 0 Å². The maximum atomic E-state index is 10.5. The predicted octanol–water partition coefficient (Wildman–Crippen LogP) is 2.89. The fraction of sp³-hybridized carbons (Fsp3) is 0.467. The molecule has 19 heavy (non-hydrogen) atoms. The molecule has 2 aromatic rings. The topological polar surface area (TPSA) is 58.5 Å². The number of piperidine rings is 1. The first-order valence-corrected chi connectivity index (χ1v) is 6.69. The third-order valence-corrected chi connectivity index (χ3v) is 4.19. The summed E-state index contributed by atoms with van der Waals surface area (Å²) in [6.07, 6.45) is 2.93. The summed E-state index contributed by atoms with van der Waals surface area (Å²) in [7, 11) is 0. The van der Waals surface area contributed by atoms with Crippen molar-refractivity contribution < 1.29 is 13.9 Å². The predicted molar refractivity (Wildman–Crippen MR) is 70.4 cm³/mol. The molecule has 1 unspecified atom stereocenters. The van der Waals surface area contributed by atoms with Crippen LogP contribution >= 0.6 is 0 Å². The Bertz CT molecular complexity index is 459. The van der Waals surface area contributed by atoms with Gasteiger partial charge in [0.2, 0.25) is 0 Å². The lowest BCUT2D eigenvalue weighted by molar-refractivity contribution is -0.0158. The molecule has 0 aromatic carbocycles. The molecule has 3 rings (SSSR count). The SMILES string of the molecule is C[C@@H]1C(O)[C@H](C)[C@@H](c2ccco2)N[C@H]1c1ccco1. The van der Waals surface area contributed by atoms with E-state index in [4.69, 9.17) is 8.83 Å². The van der Waals surface area contributed by atoms with Gasteiger partial charge in [0.1, 0.15) is 11.5 Å². The lowest BCUT2D eigenvalue weighted by atomic mass is 9.77. The highest BCUT2D eigenvalue weighted by molar-refractivity contribution is 5.15. The van der Waals surface area contributed by atoms with E-state index < -0.39 is 6.10 Å². The number of hydrogen-bond acceptors (Lipinski definition) is 4. The normalized spacial score (nSPS) is 35.4. The Labute approximate surface area is 112 Å². The quantitative estimate of drug-likeness (QED) is 0.872. The van der Waals surface area contributed by atoms with Crippen LogP contribution in [-0.2, 0) is 0 Å². The number of nitrogens with one attached hydrogen (secondary N) is 1. The van der Waals surface area contributed by atoms with E-state index in [1.54, 1.807) is 12.5 Å². The Morgan fingerprint density at radius 3 is 1.79 bits per heavy atom. The van der Waals surface area contributed by atoms with Gasteiger partial charge in [-0.3, -0.25) is 5.32 Å². The Kier molecular flexibility index (Phi) is 3.21. The highest BCUT2D eigenvalue weighted by atomic mass is 16.3. The molecular formula is C15H19NO3. The van der Waals surface area contributed by atoms with Crippen LogP contribution in [0.25, 0.3) is 0 Å². The van der Waals surface area contributed by atoms with E-state index in [0.717, 1.165) is 11.5 Å². The first-order chi connectivity index (χ1) is 9.18. The van der Waals surface area contributed by atoms with E-state index in [2.05, 4.69) is 5.32 Å². The van der Waals surface area contributed by atoms with E-state index in [1.807, 2.05) is 38.1 Å². The summed E-state index contributed by atoms with van der Waals surface area (Å²) < 4.78 is 11.0. The zero-order valence-corrected chi connectivity index (χ0v) is 11.1. The van der Waals surface area contributed by atoms with Crippen molar-refractivity contribution in [2.45, 2.75) is 32.0 Å². The molecule has 0 bridgehead atoms. The standard InChI is InChI=1S/C15H19NO3/c1-9-13(11-5-3-7-18-11)16-14(10(2)15(9)17)12-6-4-8-19-12/h3-10,13-17H,1-2H3/t9-,10+,13+,14-,15?. The summed E-state index contributed by atoms with van der Waals surface area (Å²) in [6.45, 7) is 4.08. The molecule has 5 atom stereocenters. The van der Waals surface area contributed by atoms with Gasteiger partial charge in [-0.05, 0) is 24.3 Å². The molecule has 102 valence electrons. The monoisotopic (exact) mass is 261 g/mol. The highest BCUT2D eigenvalue weighted by Crippen LogP contribution is 2.40. The lowest BCUT2D eigenvalue weighted by Gasteiger charge is -2.42. The first-order valence-electron chi connectivity index (χ1n) is 6.69. The first kappa shape index (κ1) is 12.5. The second-order valence-corrected chi connectivity index (χ2v) is 5.36. The maximum Gasteiger partial charge on any atom is 0.121 e. The Hall–Kier alpha value is -1.52. The Balaban J connectivity index is 1.91. The molecular weight excluding hydrogens is 242 g/mol. The molecule has 1 saturated heterocycles. The Morgan fingerprint density at radius 2 is 1.42 bits per heavy atom. The van der Waals surface area contributed by atoms with Gasteiger partial charge in [-0.2, -0.15) is 0 Å². The van der Waals surface area contributed by atoms with Crippen LogP contribution in [0.5, 0.6) is 0 Å². The van der Waals surface area contributed by atoms with Gasteiger partial charge in [-0.25, -0.2) is 0 Å². The summed E-state index contributed by atoms with van der Waals surface area (Å²) in [5.41, 5.74) is 0. The number of furan rings is 2. The summed E-state index contributed by atoms with van der Waals surface area (Å²) >= 11 is 0. The van der Waals surface area contributed by atoms with Crippen molar-refractivity contribution >= 4 is 0 Å². The second kappa shape index (κ2) is 4.87. The summed E-state index contributed by atoms with van der Waals surface area (Å²) in [6, 6.07) is 7.62. The number of rotatable bonds is 2. The number of aliphatic hydroxyl groups is 1. The van der Waals surface area contributed by atoms with Gasteiger partial charge in [0.05, 0.1) is 30.7 Å². The molecule has 1 fully saturated rings. The van der Waals surface area contributed by atoms with Crippen LogP contribution in [0.4, 0.5) is 0 Å². The molecule has 1 aliphatic heterocycles.